The van der Waals surface area contributed by atoms with Crippen LogP contribution in [0.4, 0.5) is 4.39 Å². The number of carboxylic acid groups (broad SMARTS) is 1. The third kappa shape index (κ3) is 2.40. The van der Waals surface area contributed by atoms with E-state index in [0.717, 1.165) is 18.2 Å². The third-order valence-corrected chi connectivity index (χ3v) is 3.60. The molecule has 0 saturated heterocycles. The van der Waals surface area contributed by atoms with Crippen molar-refractivity contribution in [2.75, 3.05) is 0 Å². The van der Waals surface area contributed by atoms with Crippen molar-refractivity contribution in [3.63, 3.8) is 0 Å². The molecule has 0 radical (unpaired) electrons. The summed E-state index contributed by atoms with van der Waals surface area (Å²) in [6.45, 7) is 1.61. The molecule has 3 aromatic rings. The van der Waals surface area contributed by atoms with Crippen LogP contribution in [0.3, 0.4) is 0 Å². The van der Waals surface area contributed by atoms with Gasteiger partial charge < -0.3 is 5.11 Å². The van der Waals surface area contributed by atoms with Gasteiger partial charge in [0.05, 0.1) is 22.4 Å². The van der Waals surface area contributed by atoms with Crippen LogP contribution in [0, 0.1) is 24.1 Å². The standard InChI is InChI=1S/C17H10FN3O3/c1-9-15(21-8-10(7-19)2-5-14(21)20-9)16(22)12-4-3-11(17(23)24)6-13(12)18/h2-6,8H,1H3,(H,23,24). The first kappa shape index (κ1) is 15.4. The number of fused-ring (bicyclic) bond motifs is 1. The van der Waals surface area contributed by atoms with Gasteiger partial charge in [0.1, 0.15) is 23.2 Å². The van der Waals surface area contributed by atoms with Gasteiger partial charge in [-0.3, -0.25) is 9.20 Å². The molecule has 0 atom stereocenters. The Bertz CT molecular complexity index is 1050. The number of carboxylic acids is 1. The van der Waals surface area contributed by atoms with Crippen LogP contribution in [0.1, 0.15) is 37.7 Å². The lowest BCUT2D eigenvalue weighted by Crippen LogP contribution is -2.10. The zero-order valence-corrected chi connectivity index (χ0v) is 12.4. The second-order valence-electron chi connectivity index (χ2n) is 5.13. The Morgan fingerprint density at radius 1 is 1.29 bits per heavy atom. The van der Waals surface area contributed by atoms with Gasteiger partial charge in [0.15, 0.2) is 0 Å². The normalized spacial score (nSPS) is 10.5. The number of benzene rings is 1. The summed E-state index contributed by atoms with van der Waals surface area (Å²) in [4.78, 5) is 27.8. The second kappa shape index (κ2) is 5.59. The number of rotatable bonds is 3. The largest absolute Gasteiger partial charge is 0.478 e. The number of carbonyl (C=O) groups excluding carboxylic acids is 1. The molecule has 0 spiro atoms. The molecule has 0 aliphatic carbocycles. The van der Waals surface area contributed by atoms with E-state index >= 15 is 0 Å². The fraction of sp³-hybridized carbons (Fsp3) is 0.0588. The van der Waals surface area contributed by atoms with Crippen LogP contribution in [0.25, 0.3) is 5.65 Å². The smallest absolute Gasteiger partial charge is 0.335 e. The number of nitrogens with zero attached hydrogens (tertiary/aromatic N) is 3. The molecule has 118 valence electrons. The highest BCUT2D eigenvalue weighted by molar-refractivity contribution is 6.09. The molecule has 24 heavy (non-hydrogen) atoms. The quantitative estimate of drug-likeness (QED) is 0.747. The van der Waals surface area contributed by atoms with Crippen molar-refractivity contribution in [1.82, 2.24) is 9.38 Å². The lowest BCUT2D eigenvalue weighted by Gasteiger charge is -2.05. The molecule has 1 aromatic carbocycles. The topological polar surface area (TPSA) is 95.5 Å². The molecule has 3 rings (SSSR count). The lowest BCUT2D eigenvalue weighted by molar-refractivity contribution is 0.0695. The highest BCUT2D eigenvalue weighted by Gasteiger charge is 2.22. The average Bonchev–Trinajstić information content (AvgIpc) is 2.88. The van der Waals surface area contributed by atoms with Gasteiger partial charge in [0.2, 0.25) is 5.78 Å². The Balaban J connectivity index is 2.17. The SMILES string of the molecule is Cc1nc2ccc(C#N)cn2c1C(=O)c1ccc(C(=O)O)cc1F. The summed E-state index contributed by atoms with van der Waals surface area (Å²) < 4.78 is 15.6. The molecule has 0 aliphatic rings. The van der Waals surface area contributed by atoms with Gasteiger partial charge in [-0.25, -0.2) is 14.2 Å². The number of nitriles is 1. The molecule has 0 unspecified atom stereocenters. The molecular formula is C17H10FN3O3. The summed E-state index contributed by atoms with van der Waals surface area (Å²) in [5.41, 5.74) is 0.798. The van der Waals surface area contributed by atoms with Crippen molar-refractivity contribution in [2.45, 2.75) is 6.92 Å². The first-order valence-corrected chi connectivity index (χ1v) is 6.88. The van der Waals surface area contributed by atoms with Crippen molar-refractivity contribution in [3.05, 3.63) is 70.4 Å². The Kier molecular flexibility index (Phi) is 3.58. The first-order valence-electron chi connectivity index (χ1n) is 6.88. The Labute approximate surface area is 135 Å². The van der Waals surface area contributed by atoms with Crippen molar-refractivity contribution < 1.29 is 19.1 Å². The van der Waals surface area contributed by atoms with Crippen molar-refractivity contribution in [1.29, 1.82) is 5.26 Å². The van der Waals surface area contributed by atoms with Gasteiger partial charge >= 0.3 is 5.97 Å². The van der Waals surface area contributed by atoms with Gasteiger partial charge in [0.25, 0.3) is 0 Å². The van der Waals surface area contributed by atoms with Crippen LogP contribution < -0.4 is 0 Å². The maximum Gasteiger partial charge on any atom is 0.335 e. The van der Waals surface area contributed by atoms with E-state index in [4.69, 9.17) is 10.4 Å². The lowest BCUT2D eigenvalue weighted by atomic mass is 10.0. The summed E-state index contributed by atoms with van der Waals surface area (Å²) in [6, 6.07) is 8.22. The van der Waals surface area contributed by atoms with E-state index in [1.807, 2.05) is 6.07 Å². The van der Waals surface area contributed by atoms with Gasteiger partial charge in [-0.05, 0) is 37.3 Å². The van der Waals surface area contributed by atoms with Crippen LogP contribution >= 0.6 is 0 Å². The zero-order chi connectivity index (χ0) is 17.4. The van der Waals surface area contributed by atoms with Gasteiger partial charge in [-0.2, -0.15) is 5.26 Å². The fourth-order valence-electron chi connectivity index (χ4n) is 2.46. The van der Waals surface area contributed by atoms with Crippen molar-refractivity contribution >= 4 is 17.4 Å². The number of aromatic nitrogens is 2. The predicted octanol–water partition coefficient (Wildman–Crippen LogP) is 2.58. The van der Waals surface area contributed by atoms with E-state index in [1.165, 1.54) is 10.6 Å². The summed E-state index contributed by atoms with van der Waals surface area (Å²) in [5.74, 6) is -2.84. The number of carbonyl (C=O) groups is 2. The van der Waals surface area contributed by atoms with E-state index in [2.05, 4.69) is 4.98 Å². The van der Waals surface area contributed by atoms with E-state index in [0.29, 0.717) is 16.9 Å². The van der Waals surface area contributed by atoms with Gasteiger partial charge in [-0.1, -0.05) is 0 Å². The highest BCUT2D eigenvalue weighted by Crippen LogP contribution is 2.20. The van der Waals surface area contributed by atoms with E-state index in [-0.39, 0.29) is 16.8 Å². The number of hydrogen-bond donors (Lipinski definition) is 1. The van der Waals surface area contributed by atoms with E-state index < -0.39 is 17.6 Å². The maximum absolute atomic E-state index is 14.2. The number of imidazole rings is 1. The molecule has 6 nitrogen and oxygen atoms in total. The number of aromatic carboxylic acids is 1. The van der Waals surface area contributed by atoms with Crippen LogP contribution in [0.5, 0.6) is 0 Å². The molecule has 0 amide bonds. The number of hydrogen-bond acceptors (Lipinski definition) is 4. The van der Waals surface area contributed by atoms with E-state index in [1.54, 1.807) is 19.1 Å². The second-order valence-corrected chi connectivity index (χ2v) is 5.13. The molecule has 0 saturated carbocycles. The van der Waals surface area contributed by atoms with Gasteiger partial charge in [0, 0.05) is 6.20 Å². The van der Waals surface area contributed by atoms with Crippen LogP contribution in [-0.2, 0) is 0 Å². The van der Waals surface area contributed by atoms with Crippen LogP contribution in [-0.4, -0.2) is 26.2 Å². The van der Waals surface area contributed by atoms with Gasteiger partial charge in [-0.15, -0.1) is 0 Å². The minimum Gasteiger partial charge on any atom is -0.478 e. The Morgan fingerprint density at radius 3 is 2.67 bits per heavy atom. The van der Waals surface area contributed by atoms with Crippen molar-refractivity contribution in [3.8, 4) is 6.07 Å². The average molecular weight is 323 g/mol. The summed E-state index contributed by atoms with van der Waals surface area (Å²) >= 11 is 0. The number of pyridine rings is 1. The molecule has 0 fully saturated rings. The predicted molar refractivity (Wildman–Crippen MR) is 81.4 cm³/mol. The minimum absolute atomic E-state index is 0.129. The van der Waals surface area contributed by atoms with Crippen LogP contribution in [0.2, 0.25) is 0 Å². The molecule has 2 heterocycles. The molecule has 0 aliphatic heterocycles. The fourth-order valence-corrected chi connectivity index (χ4v) is 2.46. The monoisotopic (exact) mass is 323 g/mol. The third-order valence-electron chi connectivity index (χ3n) is 3.60. The minimum atomic E-state index is -1.28. The molecule has 7 heteroatoms. The first-order chi connectivity index (χ1) is 11.4. The highest BCUT2D eigenvalue weighted by atomic mass is 19.1. The molecular weight excluding hydrogens is 313 g/mol. The zero-order valence-electron chi connectivity index (χ0n) is 12.4. The number of halogens is 1. The van der Waals surface area contributed by atoms with Crippen molar-refractivity contribution in [2.24, 2.45) is 0 Å². The molecule has 2 aromatic heterocycles. The summed E-state index contributed by atoms with van der Waals surface area (Å²) in [5, 5.41) is 17.9. The number of aryl methyl sites for hydroxylation is 1. The Hall–Kier alpha value is -3.53. The maximum atomic E-state index is 14.2. The van der Waals surface area contributed by atoms with Crippen LogP contribution in [0.15, 0.2) is 36.5 Å². The molecule has 1 N–H and O–H groups in total. The Morgan fingerprint density at radius 2 is 2.04 bits per heavy atom. The molecule has 0 bridgehead atoms. The summed E-state index contributed by atoms with van der Waals surface area (Å²) in [7, 11) is 0. The summed E-state index contributed by atoms with van der Waals surface area (Å²) in [6.07, 6.45) is 1.45. The van der Waals surface area contributed by atoms with E-state index in [9.17, 15) is 14.0 Å². The number of ketones is 1.